The number of rotatable bonds is 6. The number of anilines is 2. The number of carbonyl (C=O) groups is 2. The summed E-state index contributed by atoms with van der Waals surface area (Å²) in [4.78, 5) is 38.0. The lowest BCUT2D eigenvalue weighted by Crippen LogP contribution is -2.35. The van der Waals surface area contributed by atoms with Gasteiger partial charge < -0.3 is 4.90 Å². The van der Waals surface area contributed by atoms with Crippen LogP contribution in [0, 0.1) is 10.1 Å². The lowest BCUT2D eigenvalue weighted by Gasteiger charge is -2.20. The second-order valence-electron chi connectivity index (χ2n) is 6.29. The smallest absolute Gasteiger partial charge is 0.293 e. The van der Waals surface area contributed by atoms with Crippen LogP contribution in [0.4, 0.5) is 17.1 Å². The van der Waals surface area contributed by atoms with Crippen molar-refractivity contribution in [2.24, 2.45) is 0 Å². The first-order valence-electron chi connectivity index (χ1n) is 9.01. The molecule has 0 unspecified atom stereocenters. The molecular formula is C20H19BrN4O4. The van der Waals surface area contributed by atoms with Gasteiger partial charge in [-0.15, -0.1) is 0 Å². The van der Waals surface area contributed by atoms with Crippen LogP contribution in [0.15, 0.2) is 52.5 Å². The first-order valence-corrected chi connectivity index (χ1v) is 9.81. The summed E-state index contributed by atoms with van der Waals surface area (Å²) in [7, 11) is 0. The van der Waals surface area contributed by atoms with Crippen LogP contribution in [0.2, 0.25) is 0 Å². The molecule has 0 saturated carbocycles. The standard InChI is InChI=1S/C20H19BrN4O4/c1-3-23(4-2)17-10-5-13(12-18(17)25(28)29)11-16-19(26)22-24(20(16)27)15-8-6-14(21)7-9-15/h5-12H,3-4H2,1-2H3,(H,22,26)/b16-11-. The van der Waals surface area contributed by atoms with E-state index in [-0.39, 0.29) is 11.3 Å². The number of halogens is 1. The minimum atomic E-state index is -0.562. The lowest BCUT2D eigenvalue weighted by molar-refractivity contribution is -0.384. The Hall–Kier alpha value is -3.20. The maximum absolute atomic E-state index is 12.7. The number of hydrogen-bond acceptors (Lipinski definition) is 5. The van der Waals surface area contributed by atoms with E-state index in [4.69, 9.17) is 0 Å². The van der Waals surface area contributed by atoms with Gasteiger partial charge in [-0.25, -0.2) is 5.01 Å². The van der Waals surface area contributed by atoms with Gasteiger partial charge in [0, 0.05) is 23.6 Å². The molecular weight excluding hydrogens is 440 g/mol. The molecule has 0 aliphatic carbocycles. The highest BCUT2D eigenvalue weighted by atomic mass is 79.9. The van der Waals surface area contributed by atoms with Gasteiger partial charge in [0.1, 0.15) is 11.3 Å². The molecule has 3 rings (SSSR count). The summed E-state index contributed by atoms with van der Waals surface area (Å²) in [6.07, 6.45) is 1.37. The van der Waals surface area contributed by atoms with Crippen LogP contribution in [0.3, 0.4) is 0 Å². The van der Waals surface area contributed by atoms with Crippen LogP contribution in [0.25, 0.3) is 6.08 Å². The third-order valence-corrected chi connectivity index (χ3v) is 5.12. The van der Waals surface area contributed by atoms with Gasteiger partial charge in [-0.05, 0) is 55.8 Å². The predicted octanol–water partition coefficient (Wildman–Crippen LogP) is 3.66. The molecule has 0 spiro atoms. The summed E-state index contributed by atoms with van der Waals surface area (Å²) >= 11 is 3.32. The zero-order valence-corrected chi connectivity index (χ0v) is 17.5. The van der Waals surface area contributed by atoms with Gasteiger partial charge in [0.15, 0.2) is 0 Å². The Balaban J connectivity index is 1.96. The van der Waals surface area contributed by atoms with Crippen molar-refractivity contribution < 1.29 is 14.5 Å². The molecule has 1 heterocycles. The van der Waals surface area contributed by atoms with Crippen LogP contribution >= 0.6 is 15.9 Å². The van der Waals surface area contributed by atoms with Crippen molar-refractivity contribution in [1.82, 2.24) is 5.43 Å². The fourth-order valence-corrected chi connectivity index (χ4v) is 3.37. The van der Waals surface area contributed by atoms with Crippen molar-refractivity contribution in [1.29, 1.82) is 0 Å². The van der Waals surface area contributed by atoms with Gasteiger partial charge in [-0.1, -0.05) is 22.0 Å². The van der Waals surface area contributed by atoms with E-state index in [1.165, 1.54) is 12.1 Å². The number of hydrazine groups is 1. The average Bonchev–Trinajstić information content (AvgIpc) is 2.98. The molecule has 1 N–H and O–H groups in total. The Bertz CT molecular complexity index is 1000. The van der Waals surface area contributed by atoms with Crippen molar-refractivity contribution in [3.8, 4) is 0 Å². The first-order chi connectivity index (χ1) is 13.8. The maximum atomic E-state index is 12.7. The highest BCUT2D eigenvalue weighted by molar-refractivity contribution is 9.10. The third kappa shape index (κ3) is 4.14. The molecule has 9 heteroatoms. The Morgan fingerprint density at radius 3 is 2.38 bits per heavy atom. The van der Waals surface area contributed by atoms with Gasteiger partial charge in [0.25, 0.3) is 17.5 Å². The van der Waals surface area contributed by atoms with Crippen LogP contribution in [-0.4, -0.2) is 29.8 Å². The quantitative estimate of drug-likeness (QED) is 0.308. The van der Waals surface area contributed by atoms with Crippen molar-refractivity contribution in [2.75, 3.05) is 23.0 Å². The Labute approximate surface area is 176 Å². The van der Waals surface area contributed by atoms with Crippen LogP contribution < -0.4 is 15.3 Å². The zero-order valence-electron chi connectivity index (χ0n) is 15.9. The molecule has 0 bridgehead atoms. The minimum Gasteiger partial charge on any atom is -0.367 e. The molecule has 1 saturated heterocycles. The van der Waals surface area contributed by atoms with E-state index in [9.17, 15) is 19.7 Å². The number of nitro benzene ring substituents is 1. The van der Waals surface area contributed by atoms with E-state index < -0.39 is 16.7 Å². The molecule has 1 fully saturated rings. The number of amides is 2. The van der Waals surface area contributed by atoms with Crippen molar-refractivity contribution in [3.63, 3.8) is 0 Å². The zero-order chi connectivity index (χ0) is 21.1. The summed E-state index contributed by atoms with van der Waals surface area (Å²) in [6.45, 7) is 5.09. The van der Waals surface area contributed by atoms with Crippen LogP contribution in [-0.2, 0) is 9.59 Å². The van der Waals surface area contributed by atoms with Gasteiger partial charge in [-0.3, -0.25) is 25.1 Å². The van der Waals surface area contributed by atoms with Crippen LogP contribution in [0.5, 0.6) is 0 Å². The van der Waals surface area contributed by atoms with Crippen molar-refractivity contribution in [3.05, 3.63) is 68.2 Å². The van der Waals surface area contributed by atoms with Gasteiger partial charge in [0.05, 0.1) is 10.6 Å². The molecule has 0 atom stereocenters. The van der Waals surface area contributed by atoms with E-state index in [0.29, 0.717) is 30.0 Å². The normalized spacial score (nSPS) is 15.0. The molecule has 2 amide bonds. The molecule has 2 aromatic rings. The van der Waals surface area contributed by atoms with Gasteiger partial charge in [-0.2, -0.15) is 0 Å². The molecule has 150 valence electrons. The van der Waals surface area contributed by atoms with E-state index in [2.05, 4.69) is 21.4 Å². The fourth-order valence-electron chi connectivity index (χ4n) is 3.10. The average molecular weight is 459 g/mol. The monoisotopic (exact) mass is 458 g/mol. The minimum absolute atomic E-state index is 0.0707. The molecule has 1 aliphatic rings. The summed E-state index contributed by atoms with van der Waals surface area (Å²) in [6, 6.07) is 11.6. The number of nitrogens with one attached hydrogen (secondary N) is 1. The molecule has 2 aromatic carbocycles. The SMILES string of the molecule is CCN(CC)c1ccc(/C=C2/C(=O)NN(c3ccc(Br)cc3)C2=O)cc1[N+](=O)[O-]. The number of nitro groups is 1. The molecule has 8 nitrogen and oxygen atoms in total. The number of benzene rings is 2. The second-order valence-corrected chi connectivity index (χ2v) is 7.21. The largest absolute Gasteiger partial charge is 0.367 e. The van der Waals surface area contributed by atoms with E-state index >= 15 is 0 Å². The summed E-state index contributed by atoms with van der Waals surface area (Å²) in [5.74, 6) is -1.08. The number of hydrogen-bond donors (Lipinski definition) is 1. The van der Waals surface area contributed by atoms with Crippen molar-refractivity contribution >= 4 is 50.9 Å². The Morgan fingerprint density at radius 2 is 1.79 bits per heavy atom. The predicted molar refractivity (Wildman–Crippen MR) is 114 cm³/mol. The van der Waals surface area contributed by atoms with Crippen molar-refractivity contribution in [2.45, 2.75) is 13.8 Å². The highest BCUT2D eigenvalue weighted by Gasteiger charge is 2.34. The highest BCUT2D eigenvalue weighted by Crippen LogP contribution is 2.31. The summed E-state index contributed by atoms with van der Waals surface area (Å²) < 4.78 is 0.843. The Morgan fingerprint density at radius 1 is 1.14 bits per heavy atom. The number of carbonyl (C=O) groups excluding carboxylic acids is 2. The Kier molecular flexibility index (Phi) is 5.97. The van der Waals surface area contributed by atoms with E-state index in [0.717, 1.165) is 9.48 Å². The molecule has 0 aromatic heterocycles. The third-order valence-electron chi connectivity index (χ3n) is 4.59. The van der Waals surface area contributed by atoms with Crippen LogP contribution in [0.1, 0.15) is 19.4 Å². The first kappa shape index (κ1) is 20.5. The molecule has 0 radical (unpaired) electrons. The maximum Gasteiger partial charge on any atom is 0.293 e. The topological polar surface area (TPSA) is 95.8 Å². The summed E-state index contributed by atoms with van der Waals surface area (Å²) in [5.41, 5.74) is 3.78. The summed E-state index contributed by atoms with van der Waals surface area (Å²) in [5, 5.41) is 12.7. The number of nitrogens with zero attached hydrogens (tertiary/aromatic N) is 3. The second kappa shape index (κ2) is 8.44. The van der Waals surface area contributed by atoms with E-state index in [1.807, 2.05) is 18.7 Å². The lowest BCUT2D eigenvalue weighted by atomic mass is 10.1. The van der Waals surface area contributed by atoms with Gasteiger partial charge in [0.2, 0.25) is 0 Å². The fraction of sp³-hybridized carbons (Fsp3) is 0.200. The van der Waals surface area contributed by atoms with Gasteiger partial charge >= 0.3 is 0 Å². The van der Waals surface area contributed by atoms with E-state index in [1.54, 1.807) is 36.4 Å². The molecule has 1 aliphatic heterocycles. The molecule has 29 heavy (non-hydrogen) atoms.